The Morgan fingerprint density at radius 3 is 2.47 bits per heavy atom. The van der Waals surface area contributed by atoms with Gasteiger partial charge in [0.25, 0.3) is 0 Å². The van der Waals surface area contributed by atoms with Crippen LogP contribution in [0.1, 0.15) is 41.7 Å². The molecular formula is C24H28N2O4. The predicted octanol–water partition coefficient (Wildman–Crippen LogP) is 4.06. The van der Waals surface area contributed by atoms with Gasteiger partial charge in [-0.3, -0.25) is 9.69 Å². The van der Waals surface area contributed by atoms with Gasteiger partial charge in [-0.15, -0.1) is 0 Å². The number of hydrogen-bond acceptors (Lipinski definition) is 5. The van der Waals surface area contributed by atoms with Crippen LogP contribution < -0.4 is 9.47 Å². The summed E-state index contributed by atoms with van der Waals surface area (Å²) in [5, 5.41) is 18.4. The van der Waals surface area contributed by atoms with E-state index in [1.807, 2.05) is 38.1 Å². The van der Waals surface area contributed by atoms with Crippen molar-refractivity contribution in [1.82, 2.24) is 4.90 Å². The summed E-state index contributed by atoms with van der Waals surface area (Å²) in [7, 11) is 0. The Morgan fingerprint density at radius 1 is 1.23 bits per heavy atom. The molecular weight excluding hydrogens is 380 g/mol. The number of aliphatic carboxylic acids is 1. The number of ether oxygens (including phenoxy) is 2. The van der Waals surface area contributed by atoms with Crippen molar-refractivity contribution in [1.29, 1.82) is 5.26 Å². The number of nitrogens with zero attached hydrogens (tertiary/aromatic N) is 2. The highest BCUT2D eigenvalue weighted by atomic mass is 16.5. The third kappa shape index (κ3) is 5.11. The topological polar surface area (TPSA) is 82.8 Å². The molecule has 1 saturated heterocycles. The van der Waals surface area contributed by atoms with Crippen molar-refractivity contribution < 1.29 is 19.4 Å². The average molecular weight is 408 g/mol. The van der Waals surface area contributed by atoms with E-state index < -0.39 is 5.97 Å². The molecule has 0 aromatic heterocycles. The number of hydrogen-bond donors (Lipinski definition) is 1. The number of carboxylic acid groups (broad SMARTS) is 1. The lowest BCUT2D eigenvalue weighted by atomic mass is 9.96. The van der Waals surface area contributed by atoms with Gasteiger partial charge in [-0.05, 0) is 74.2 Å². The lowest BCUT2D eigenvalue weighted by molar-refractivity contribution is -0.147. The van der Waals surface area contributed by atoms with E-state index in [0.29, 0.717) is 31.0 Å². The van der Waals surface area contributed by atoms with E-state index in [4.69, 9.17) is 14.6 Å². The van der Waals surface area contributed by atoms with Crippen molar-refractivity contribution in [3.63, 3.8) is 0 Å². The Hall–Kier alpha value is -3.04. The van der Waals surface area contributed by atoms with Crippen molar-refractivity contribution in [3.05, 3.63) is 58.1 Å². The molecule has 0 unspecified atom stereocenters. The molecule has 1 N–H and O–H groups in total. The minimum Gasteiger partial charge on any atom is -0.490 e. The van der Waals surface area contributed by atoms with Crippen LogP contribution in [0.3, 0.4) is 0 Å². The third-order valence-electron chi connectivity index (χ3n) is 5.29. The summed E-state index contributed by atoms with van der Waals surface area (Å²) in [4.78, 5) is 13.1. The standard InChI is InChI=1S/C24H28N2O4/c1-15(2)30-23-6-5-18(9-19(23)10-25)14-29-21-7-16(3)22(17(4)8-21)13-26-11-20(12-26)24(27)28/h5-9,15,20H,11-14H2,1-4H3,(H,27,28). The molecule has 1 aliphatic rings. The second-order valence-corrected chi connectivity index (χ2v) is 8.16. The van der Waals surface area contributed by atoms with E-state index in [1.54, 1.807) is 6.07 Å². The lowest BCUT2D eigenvalue weighted by Crippen LogP contribution is -2.49. The van der Waals surface area contributed by atoms with Crippen LogP contribution in [-0.2, 0) is 17.9 Å². The molecule has 0 saturated carbocycles. The van der Waals surface area contributed by atoms with Crippen molar-refractivity contribution in [2.75, 3.05) is 13.1 Å². The van der Waals surface area contributed by atoms with Crippen molar-refractivity contribution in [3.8, 4) is 17.6 Å². The first-order valence-electron chi connectivity index (χ1n) is 10.1. The fourth-order valence-corrected chi connectivity index (χ4v) is 3.64. The molecule has 1 aliphatic heterocycles. The molecule has 30 heavy (non-hydrogen) atoms. The molecule has 3 rings (SSSR count). The highest BCUT2D eigenvalue weighted by Crippen LogP contribution is 2.27. The number of benzene rings is 2. The van der Waals surface area contributed by atoms with E-state index in [0.717, 1.165) is 29.0 Å². The average Bonchev–Trinajstić information content (AvgIpc) is 2.64. The summed E-state index contributed by atoms with van der Waals surface area (Å²) in [6.07, 6.45) is 0.00920. The third-order valence-corrected chi connectivity index (χ3v) is 5.29. The monoisotopic (exact) mass is 408 g/mol. The molecule has 6 heteroatoms. The van der Waals surface area contributed by atoms with Crippen LogP contribution >= 0.6 is 0 Å². The van der Waals surface area contributed by atoms with Crippen molar-refractivity contribution >= 4 is 5.97 Å². The number of carbonyl (C=O) groups is 1. The molecule has 2 aromatic rings. The molecule has 2 aromatic carbocycles. The van der Waals surface area contributed by atoms with Gasteiger partial charge in [0, 0.05) is 19.6 Å². The smallest absolute Gasteiger partial charge is 0.309 e. The maximum atomic E-state index is 11.0. The maximum Gasteiger partial charge on any atom is 0.309 e. The summed E-state index contributed by atoms with van der Waals surface area (Å²) in [6.45, 7) is 10.3. The number of carboxylic acids is 1. The Morgan fingerprint density at radius 2 is 1.90 bits per heavy atom. The highest BCUT2D eigenvalue weighted by molar-refractivity contribution is 5.71. The molecule has 0 atom stereocenters. The van der Waals surface area contributed by atoms with E-state index in [1.165, 1.54) is 5.56 Å². The van der Waals surface area contributed by atoms with Gasteiger partial charge < -0.3 is 14.6 Å². The Bertz CT molecular complexity index is 949. The Kier molecular flexibility index (Phi) is 6.63. The molecule has 1 heterocycles. The molecule has 1 fully saturated rings. The molecule has 158 valence electrons. The van der Waals surface area contributed by atoms with Crippen LogP contribution in [0.2, 0.25) is 0 Å². The van der Waals surface area contributed by atoms with Gasteiger partial charge in [0.1, 0.15) is 24.2 Å². The van der Waals surface area contributed by atoms with Crippen LogP contribution in [0, 0.1) is 31.1 Å². The van der Waals surface area contributed by atoms with Gasteiger partial charge >= 0.3 is 5.97 Å². The Labute approximate surface area is 177 Å². The second-order valence-electron chi connectivity index (χ2n) is 8.16. The zero-order chi connectivity index (χ0) is 21.8. The summed E-state index contributed by atoms with van der Waals surface area (Å²) >= 11 is 0. The van der Waals surface area contributed by atoms with E-state index >= 15 is 0 Å². The lowest BCUT2D eigenvalue weighted by Gasteiger charge is -2.37. The Balaban J connectivity index is 1.64. The van der Waals surface area contributed by atoms with Gasteiger partial charge in [0.2, 0.25) is 0 Å². The summed E-state index contributed by atoms with van der Waals surface area (Å²) < 4.78 is 11.6. The summed E-state index contributed by atoms with van der Waals surface area (Å²) in [5.74, 6) is 0.404. The first-order chi connectivity index (χ1) is 14.3. The maximum absolute atomic E-state index is 11.0. The van der Waals surface area contributed by atoms with Gasteiger partial charge in [-0.1, -0.05) is 6.07 Å². The fourth-order valence-electron chi connectivity index (χ4n) is 3.64. The normalized spacial score (nSPS) is 14.3. The number of aryl methyl sites for hydroxylation is 2. The number of nitriles is 1. The molecule has 6 nitrogen and oxygen atoms in total. The number of likely N-dealkylation sites (tertiary alicyclic amines) is 1. The fraction of sp³-hybridized carbons (Fsp3) is 0.417. The largest absolute Gasteiger partial charge is 0.490 e. The molecule has 0 radical (unpaired) electrons. The van der Waals surface area contributed by atoms with E-state index in [2.05, 4.69) is 24.8 Å². The zero-order valence-electron chi connectivity index (χ0n) is 17.9. The first-order valence-corrected chi connectivity index (χ1v) is 10.1. The number of rotatable bonds is 8. The predicted molar refractivity (Wildman–Crippen MR) is 114 cm³/mol. The second kappa shape index (κ2) is 9.19. The highest BCUT2D eigenvalue weighted by Gasteiger charge is 2.32. The molecule has 0 amide bonds. The van der Waals surface area contributed by atoms with Crippen molar-refractivity contribution in [2.45, 2.75) is 47.0 Å². The molecule has 0 spiro atoms. The van der Waals surface area contributed by atoms with Crippen LogP contribution in [0.5, 0.6) is 11.5 Å². The van der Waals surface area contributed by atoms with Gasteiger partial charge in [-0.25, -0.2) is 0 Å². The van der Waals surface area contributed by atoms with Crippen LogP contribution in [0.4, 0.5) is 0 Å². The SMILES string of the molecule is Cc1cc(OCc2ccc(OC(C)C)c(C#N)c2)cc(C)c1CN1CC(C(=O)O)C1. The van der Waals surface area contributed by atoms with E-state index in [-0.39, 0.29) is 12.0 Å². The molecule has 0 aliphatic carbocycles. The van der Waals surface area contributed by atoms with Gasteiger partial charge in [-0.2, -0.15) is 5.26 Å². The minimum absolute atomic E-state index is 0.00920. The summed E-state index contributed by atoms with van der Waals surface area (Å²) in [5.41, 5.74) is 4.88. The van der Waals surface area contributed by atoms with Crippen molar-refractivity contribution in [2.24, 2.45) is 5.92 Å². The van der Waals surface area contributed by atoms with Gasteiger partial charge in [0.15, 0.2) is 0 Å². The van der Waals surface area contributed by atoms with Crippen LogP contribution in [0.25, 0.3) is 0 Å². The van der Waals surface area contributed by atoms with Crippen LogP contribution in [0.15, 0.2) is 30.3 Å². The van der Waals surface area contributed by atoms with Crippen LogP contribution in [-0.4, -0.2) is 35.2 Å². The zero-order valence-corrected chi connectivity index (χ0v) is 17.9. The quantitative estimate of drug-likeness (QED) is 0.709. The molecule has 0 bridgehead atoms. The summed E-state index contributed by atoms with van der Waals surface area (Å²) in [6, 6.07) is 11.7. The van der Waals surface area contributed by atoms with E-state index in [9.17, 15) is 10.1 Å². The first kappa shape index (κ1) is 21.7. The van der Waals surface area contributed by atoms with Gasteiger partial charge in [0.05, 0.1) is 17.6 Å². The minimum atomic E-state index is -0.716.